The zero-order valence-corrected chi connectivity index (χ0v) is 13.7. The second kappa shape index (κ2) is 6.87. The summed E-state index contributed by atoms with van der Waals surface area (Å²) in [5.74, 6) is 0.568. The fraction of sp³-hybridized carbons (Fsp3) is 0.222. The molecule has 0 fully saturated rings. The maximum Gasteiger partial charge on any atom is 0.255 e. The highest BCUT2D eigenvalue weighted by Gasteiger charge is 2.15. The molecule has 2 N–H and O–H groups in total. The summed E-state index contributed by atoms with van der Waals surface area (Å²) in [6.07, 6.45) is 1.46. The molecular weight excluding hydrogens is 308 g/mol. The van der Waals surface area contributed by atoms with Crippen LogP contribution in [0.15, 0.2) is 47.4 Å². The van der Waals surface area contributed by atoms with Crippen LogP contribution in [0.4, 0.5) is 11.4 Å². The smallest absolute Gasteiger partial charge is 0.255 e. The number of carbonyl (C=O) groups is 2. The van der Waals surface area contributed by atoms with E-state index in [1.54, 1.807) is 23.9 Å². The number of aryl methyl sites for hydroxylation is 1. The predicted octanol–water partition coefficient (Wildman–Crippen LogP) is 3.94. The lowest BCUT2D eigenvalue weighted by Gasteiger charge is -2.10. The van der Waals surface area contributed by atoms with Gasteiger partial charge in [-0.05, 0) is 42.3 Å². The Morgan fingerprint density at radius 3 is 2.74 bits per heavy atom. The van der Waals surface area contributed by atoms with Gasteiger partial charge in [0.05, 0.1) is 5.69 Å². The summed E-state index contributed by atoms with van der Waals surface area (Å²) >= 11 is 1.63. The Morgan fingerprint density at radius 1 is 1.22 bits per heavy atom. The van der Waals surface area contributed by atoms with Crippen molar-refractivity contribution in [2.45, 2.75) is 24.7 Å². The number of thioether (sulfide) groups is 1. The average Bonchev–Trinajstić information content (AvgIpc) is 2.75. The molecule has 0 saturated heterocycles. The largest absolute Gasteiger partial charge is 0.325 e. The van der Waals surface area contributed by atoms with Gasteiger partial charge in [-0.15, -0.1) is 11.8 Å². The molecule has 0 aliphatic carbocycles. The van der Waals surface area contributed by atoms with Crippen molar-refractivity contribution in [3.05, 3.63) is 53.6 Å². The van der Waals surface area contributed by atoms with E-state index in [0.29, 0.717) is 17.7 Å². The van der Waals surface area contributed by atoms with Crippen LogP contribution >= 0.6 is 11.8 Å². The van der Waals surface area contributed by atoms with Gasteiger partial charge in [-0.1, -0.05) is 19.1 Å². The van der Waals surface area contributed by atoms with E-state index < -0.39 is 0 Å². The second-order valence-corrected chi connectivity index (χ2v) is 6.50. The van der Waals surface area contributed by atoms with Crippen molar-refractivity contribution in [3.63, 3.8) is 0 Å². The number of fused-ring (bicyclic) bond motifs is 1. The summed E-state index contributed by atoms with van der Waals surface area (Å²) in [4.78, 5) is 25.0. The highest BCUT2D eigenvalue weighted by atomic mass is 32.2. The molecule has 2 aromatic rings. The first kappa shape index (κ1) is 15.6. The molecule has 0 unspecified atom stereocenters. The molecule has 2 amide bonds. The summed E-state index contributed by atoms with van der Waals surface area (Å²) in [6, 6.07) is 13.2. The maximum atomic E-state index is 12.4. The quantitative estimate of drug-likeness (QED) is 0.898. The van der Waals surface area contributed by atoms with Crippen molar-refractivity contribution >= 4 is 35.0 Å². The molecule has 4 nitrogen and oxygen atoms in total. The molecule has 0 aromatic heterocycles. The van der Waals surface area contributed by atoms with Gasteiger partial charge in [0, 0.05) is 28.3 Å². The Kier molecular flexibility index (Phi) is 4.67. The summed E-state index contributed by atoms with van der Waals surface area (Å²) in [5.41, 5.74) is 3.24. The second-order valence-electron chi connectivity index (χ2n) is 5.36. The van der Waals surface area contributed by atoms with Gasteiger partial charge >= 0.3 is 0 Å². The zero-order valence-electron chi connectivity index (χ0n) is 12.9. The minimum absolute atomic E-state index is 0.0102. The maximum absolute atomic E-state index is 12.4. The number of nitrogens with one attached hydrogen (secondary N) is 2. The lowest BCUT2D eigenvalue weighted by Crippen LogP contribution is -2.14. The van der Waals surface area contributed by atoms with Crippen LogP contribution in [0.1, 0.15) is 29.3 Å². The molecule has 23 heavy (non-hydrogen) atoms. The predicted molar refractivity (Wildman–Crippen MR) is 94.2 cm³/mol. The van der Waals surface area contributed by atoms with Gasteiger partial charge in [0.25, 0.3) is 5.91 Å². The highest BCUT2D eigenvalue weighted by Crippen LogP contribution is 2.31. The molecule has 0 atom stereocenters. The monoisotopic (exact) mass is 326 g/mol. The van der Waals surface area contributed by atoms with Crippen molar-refractivity contribution in [1.29, 1.82) is 0 Å². The normalized spacial score (nSPS) is 13.7. The Labute approximate surface area is 139 Å². The fourth-order valence-electron chi connectivity index (χ4n) is 2.39. The van der Waals surface area contributed by atoms with Crippen LogP contribution in [0.5, 0.6) is 0 Å². The van der Waals surface area contributed by atoms with Gasteiger partial charge in [-0.2, -0.15) is 0 Å². The molecule has 2 aromatic carbocycles. The van der Waals surface area contributed by atoms with Crippen LogP contribution in [0.25, 0.3) is 0 Å². The molecule has 5 heteroatoms. The first-order valence-electron chi connectivity index (χ1n) is 7.62. The summed E-state index contributed by atoms with van der Waals surface area (Å²) < 4.78 is 0. The van der Waals surface area contributed by atoms with E-state index in [9.17, 15) is 9.59 Å². The molecule has 0 radical (unpaired) electrons. The van der Waals surface area contributed by atoms with Crippen LogP contribution in [0, 0.1) is 0 Å². The van der Waals surface area contributed by atoms with E-state index >= 15 is 0 Å². The van der Waals surface area contributed by atoms with E-state index in [-0.39, 0.29) is 11.8 Å². The lowest BCUT2D eigenvalue weighted by atomic mass is 10.1. The van der Waals surface area contributed by atoms with Gasteiger partial charge in [0.15, 0.2) is 0 Å². The van der Waals surface area contributed by atoms with Gasteiger partial charge in [0.1, 0.15) is 0 Å². The van der Waals surface area contributed by atoms with Gasteiger partial charge in [0.2, 0.25) is 5.91 Å². The molecular formula is C18H18N2O2S. The number of hydrogen-bond acceptors (Lipinski definition) is 3. The first-order valence-corrected chi connectivity index (χ1v) is 8.61. The highest BCUT2D eigenvalue weighted by molar-refractivity contribution is 7.99. The fourth-order valence-corrected chi connectivity index (χ4v) is 3.33. The van der Waals surface area contributed by atoms with Gasteiger partial charge in [-0.3, -0.25) is 9.59 Å². The number of anilines is 2. The lowest BCUT2D eigenvalue weighted by molar-refractivity contribution is -0.115. The van der Waals surface area contributed by atoms with Crippen LogP contribution in [-0.2, 0) is 11.2 Å². The van der Waals surface area contributed by atoms with E-state index in [2.05, 4.69) is 17.6 Å². The minimum Gasteiger partial charge on any atom is -0.325 e. The summed E-state index contributed by atoms with van der Waals surface area (Å²) in [5, 5.41) is 5.74. The van der Waals surface area contributed by atoms with E-state index in [1.807, 2.05) is 30.3 Å². The Balaban J connectivity index is 1.78. The van der Waals surface area contributed by atoms with Crippen molar-refractivity contribution in [2.24, 2.45) is 0 Å². The number of rotatable bonds is 3. The Morgan fingerprint density at radius 2 is 2.00 bits per heavy atom. The molecule has 1 aliphatic heterocycles. The van der Waals surface area contributed by atoms with Crippen molar-refractivity contribution in [1.82, 2.24) is 0 Å². The molecule has 1 aliphatic rings. The standard InChI is InChI=1S/C18H18N2O2S/c1-2-12-3-6-14(7-4-12)19-18(22)13-5-8-16-15(11-13)20-17(21)9-10-23-16/h3-8,11H,2,9-10H2,1H3,(H,19,22)(H,20,21). The Hall–Kier alpha value is -2.27. The molecule has 0 spiro atoms. The number of hydrogen-bond donors (Lipinski definition) is 2. The average molecular weight is 326 g/mol. The number of carbonyl (C=O) groups excluding carboxylic acids is 2. The molecule has 118 valence electrons. The third-order valence-electron chi connectivity index (χ3n) is 3.72. The van der Waals surface area contributed by atoms with Crippen LogP contribution in [-0.4, -0.2) is 17.6 Å². The van der Waals surface area contributed by atoms with E-state index in [0.717, 1.165) is 22.8 Å². The SMILES string of the molecule is CCc1ccc(NC(=O)c2ccc3c(c2)NC(=O)CCS3)cc1. The molecule has 1 heterocycles. The Bertz CT molecular complexity index is 741. The zero-order chi connectivity index (χ0) is 16.2. The number of amides is 2. The van der Waals surface area contributed by atoms with Gasteiger partial charge < -0.3 is 10.6 Å². The first-order chi connectivity index (χ1) is 11.2. The van der Waals surface area contributed by atoms with E-state index in [1.165, 1.54) is 5.56 Å². The minimum atomic E-state index is -0.180. The van der Waals surface area contributed by atoms with Gasteiger partial charge in [-0.25, -0.2) is 0 Å². The van der Waals surface area contributed by atoms with Crippen LogP contribution < -0.4 is 10.6 Å². The summed E-state index contributed by atoms with van der Waals surface area (Å²) in [6.45, 7) is 2.09. The van der Waals surface area contributed by atoms with Crippen molar-refractivity contribution in [2.75, 3.05) is 16.4 Å². The van der Waals surface area contributed by atoms with Crippen molar-refractivity contribution in [3.8, 4) is 0 Å². The van der Waals surface area contributed by atoms with E-state index in [4.69, 9.17) is 0 Å². The topological polar surface area (TPSA) is 58.2 Å². The van der Waals surface area contributed by atoms with Crippen molar-refractivity contribution < 1.29 is 9.59 Å². The molecule has 0 saturated carbocycles. The summed E-state index contributed by atoms with van der Waals surface area (Å²) in [7, 11) is 0. The molecule has 0 bridgehead atoms. The molecule has 3 rings (SSSR count). The third-order valence-corrected chi connectivity index (χ3v) is 4.80. The van der Waals surface area contributed by atoms with Crippen LogP contribution in [0.3, 0.4) is 0 Å². The number of benzene rings is 2. The van der Waals surface area contributed by atoms with Crippen LogP contribution in [0.2, 0.25) is 0 Å². The third kappa shape index (κ3) is 3.74.